The van der Waals surface area contributed by atoms with E-state index in [-0.39, 0.29) is 11.8 Å². The average Bonchev–Trinajstić information content (AvgIpc) is 3.01. The van der Waals surface area contributed by atoms with Gasteiger partial charge in [0.25, 0.3) is 0 Å². The van der Waals surface area contributed by atoms with Gasteiger partial charge in [-0.15, -0.1) is 0 Å². The largest absolute Gasteiger partial charge is 0.373 e. The summed E-state index contributed by atoms with van der Waals surface area (Å²) in [6.07, 6.45) is 0.571. The van der Waals surface area contributed by atoms with Crippen LogP contribution in [0.25, 0.3) is 0 Å². The van der Waals surface area contributed by atoms with Gasteiger partial charge in [0, 0.05) is 0 Å². The van der Waals surface area contributed by atoms with Crippen molar-refractivity contribution in [2.24, 2.45) is 11.8 Å². The highest BCUT2D eigenvalue weighted by Gasteiger charge is 2.45. The first-order valence-electron chi connectivity index (χ1n) is 4.49. The molecule has 0 radical (unpaired) electrons. The SMILES string of the molecule is NOC(=O)[C@@H]1C[C@H]1c1ccc(F)c(F)c1. The van der Waals surface area contributed by atoms with Gasteiger partial charge >= 0.3 is 5.97 Å². The number of nitrogens with two attached hydrogens (primary N) is 1. The zero-order valence-corrected chi connectivity index (χ0v) is 7.74. The molecule has 2 N–H and O–H groups in total. The molecule has 80 valence electrons. The lowest BCUT2D eigenvalue weighted by Crippen LogP contribution is -2.12. The van der Waals surface area contributed by atoms with Crippen molar-refractivity contribution in [3.05, 3.63) is 35.4 Å². The Kier molecular flexibility index (Phi) is 2.40. The Morgan fingerprint density at radius 1 is 1.40 bits per heavy atom. The molecule has 1 aromatic rings. The highest BCUT2D eigenvalue weighted by molar-refractivity contribution is 5.77. The van der Waals surface area contributed by atoms with Crippen molar-refractivity contribution in [2.75, 3.05) is 0 Å². The molecule has 0 amide bonds. The van der Waals surface area contributed by atoms with E-state index in [1.807, 2.05) is 0 Å². The first kappa shape index (κ1) is 10.0. The van der Waals surface area contributed by atoms with Crippen molar-refractivity contribution in [3.8, 4) is 0 Å². The first-order valence-corrected chi connectivity index (χ1v) is 4.49. The van der Waals surface area contributed by atoms with E-state index in [0.29, 0.717) is 12.0 Å². The molecule has 2 rings (SSSR count). The van der Waals surface area contributed by atoms with Crippen LogP contribution in [0.5, 0.6) is 0 Å². The van der Waals surface area contributed by atoms with Gasteiger partial charge in [-0.05, 0) is 30.0 Å². The lowest BCUT2D eigenvalue weighted by atomic mass is 10.1. The van der Waals surface area contributed by atoms with Crippen LogP contribution in [0.3, 0.4) is 0 Å². The van der Waals surface area contributed by atoms with Crippen LogP contribution in [0.2, 0.25) is 0 Å². The Morgan fingerprint density at radius 3 is 2.73 bits per heavy atom. The number of benzene rings is 1. The molecule has 0 aliphatic heterocycles. The van der Waals surface area contributed by atoms with Gasteiger partial charge in [0.2, 0.25) is 0 Å². The summed E-state index contributed by atoms with van der Waals surface area (Å²) in [4.78, 5) is 15.1. The van der Waals surface area contributed by atoms with Crippen LogP contribution in [0.15, 0.2) is 18.2 Å². The predicted octanol–water partition coefficient (Wildman–Crippen LogP) is 1.49. The van der Waals surface area contributed by atoms with Crippen LogP contribution in [0.4, 0.5) is 8.78 Å². The summed E-state index contributed by atoms with van der Waals surface area (Å²) in [5.41, 5.74) is 0.601. The minimum absolute atomic E-state index is 0.101. The van der Waals surface area contributed by atoms with Crippen molar-refractivity contribution < 1.29 is 18.4 Å². The third-order valence-corrected chi connectivity index (χ3v) is 2.58. The van der Waals surface area contributed by atoms with E-state index < -0.39 is 17.6 Å². The Labute approximate surface area is 84.8 Å². The van der Waals surface area contributed by atoms with Gasteiger partial charge in [-0.2, -0.15) is 5.90 Å². The normalized spacial score (nSPS) is 23.7. The molecule has 1 aromatic carbocycles. The fraction of sp³-hybridized carbons (Fsp3) is 0.300. The zero-order chi connectivity index (χ0) is 11.0. The summed E-state index contributed by atoms with van der Waals surface area (Å²) in [6.45, 7) is 0. The first-order chi connectivity index (χ1) is 7.13. The van der Waals surface area contributed by atoms with Gasteiger partial charge in [-0.25, -0.2) is 8.78 Å². The predicted molar refractivity (Wildman–Crippen MR) is 47.5 cm³/mol. The van der Waals surface area contributed by atoms with E-state index in [9.17, 15) is 13.6 Å². The molecular weight excluding hydrogens is 204 g/mol. The zero-order valence-electron chi connectivity index (χ0n) is 7.74. The van der Waals surface area contributed by atoms with Gasteiger partial charge in [-0.3, -0.25) is 4.79 Å². The molecule has 0 spiro atoms. The van der Waals surface area contributed by atoms with Crippen LogP contribution in [0.1, 0.15) is 17.9 Å². The summed E-state index contributed by atoms with van der Waals surface area (Å²) in [6, 6.07) is 3.62. The van der Waals surface area contributed by atoms with Crippen molar-refractivity contribution in [2.45, 2.75) is 12.3 Å². The van der Waals surface area contributed by atoms with E-state index in [1.54, 1.807) is 0 Å². The highest BCUT2D eigenvalue weighted by Crippen LogP contribution is 2.48. The van der Waals surface area contributed by atoms with Crippen LogP contribution < -0.4 is 5.90 Å². The summed E-state index contributed by atoms with van der Waals surface area (Å²) < 4.78 is 25.5. The molecule has 1 aliphatic carbocycles. The van der Waals surface area contributed by atoms with Gasteiger partial charge < -0.3 is 4.84 Å². The number of carbonyl (C=O) groups excluding carboxylic acids is 1. The van der Waals surface area contributed by atoms with E-state index in [1.165, 1.54) is 6.07 Å². The average molecular weight is 213 g/mol. The van der Waals surface area contributed by atoms with Crippen LogP contribution in [0, 0.1) is 17.6 Å². The maximum Gasteiger partial charge on any atom is 0.328 e. The van der Waals surface area contributed by atoms with Gasteiger partial charge in [0.05, 0.1) is 5.92 Å². The number of hydrogen-bond donors (Lipinski definition) is 1. The van der Waals surface area contributed by atoms with Gasteiger partial charge in [-0.1, -0.05) is 6.07 Å². The Hall–Kier alpha value is -1.49. The van der Waals surface area contributed by atoms with E-state index in [0.717, 1.165) is 12.1 Å². The Bertz CT molecular complexity index is 408. The molecule has 15 heavy (non-hydrogen) atoms. The van der Waals surface area contributed by atoms with Gasteiger partial charge in [0.1, 0.15) is 0 Å². The van der Waals surface area contributed by atoms with Crippen LogP contribution in [-0.4, -0.2) is 5.97 Å². The number of halogens is 2. The topological polar surface area (TPSA) is 52.3 Å². The second kappa shape index (κ2) is 3.58. The molecule has 0 aromatic heterocycles. The van der Waals surface area contributed by atoms with Gasteiger partial charge in [0.15, 0.2) is 11.6 Å². The summed E-state index contributed by atoms with van der Waals surface area (Å²) >= 11 is 0. The molecule has 1 aliphatic rings. The van der Waals surface area contributed by atoms with E-state index in [2.05, 4.69) is 4.84 Å². The van der Waals surface area contributed by atoms with Crippen molar-refractivity contribution >= 4 is 5.97 Å². The minimum atomic E-state index is -0.903. The molecule has 1 saturated carbocycles. The summed E-state index contributed by atoms with van der Waals surface area (Å²) in [5.74, 6) is 2.00. The van der Waals surface area contributed by atoms with Crippen molar-refractivity contribution in [3.63, 3.8) is 0 Å². The minimum Gasteiger partial charge on any atom is -0.373 e. The number of rotatable bonds is 2. The molecule has 0 bridgehead atoms. The second-order valence-corrected chi connectivity index (χ2v) is 3.56. The lowest BCUT2D eigenvalue weighted by molar-refractivity contribution is -0.145. The Balaban J connectivity index is 2.13. The standard InChI is InChI=1S/C10H9F2NO2/c11-8-2-1-5(3-9(8)12)6-4-7(6)10(14)15-13/h1-3,6-7H,4,13H2/t6-,7+/m0/s1. The molecule has 2 atom stereocenters. The van der Waals surface area contributed by atoms with E-state index in [4.69, 9.17) is 5.90 Å². The fourth-order valence-electron chi connectivity index (χ4n) is 1.65. The van der Waals surface area contributed by atoms with Crippen LogP contribution in [-0.2, 0) is 9.63 Å². The number of hydrogen-bond acceptors (Lipinski definition) is 3. The molecular formula is C10H9F2NO2. The molecule has 0 saturated heterocycles. The fourth-order valence-corrected chi connectivity index (χ4v) is 1.65. The molecule has 3 nitrogen and oxygen atoms in total. The number of carbonyl (C=O) groups is 1. The third kappa shape index (κ3) is 1.83. The molecule has 1 fully saturated rings. The monoisotopic (exact) mass is 213 g/mol. The maximum absolute atomic E-state index is 12.9. The van der Waals surface area contributed by atoms with Crippen molar-refractivity contribution in [1.29, 1.82) is 0 Å². The Morgan fingerprint density at radius 2 is 2.13 bits per heavy atom. The quantitative estimate of drug-likeness (QED) is 0.757. The molecule has 5 heteroatoms. The van der Waals surface area contributed by atoms with E-state index >= 15 is 0 Å². The second-order valence-electron chi connectivity index (χ2n) is 3.56. The lowest BCUT2D eigenvalue weighted by Gasteiger charge is -2.00. The highest BCUT2D eigenvalue weighted by atomic mass is 19.2. The van der Waals surface area contributed by atoms with Crippen molar-refractivity contribution in [1.82, 2.24) is 0 Å². The smallest absolute Gasteiger partial charge is 0.328 e. The van der Waals surface area contributed by atoms with Crippen LogP contribution >= 0.6 is 0 Å². The molecule has 0 unspecified atom stereocenters. The maximum atomic E-state index is 12.9. The summed E-state index contributed by atoms with van der Waals surface area (Å²) in [5, 5.41) is 0. The summed E-state index contributed by atoms with van der Waals surface area (Å²) in [7, 11) is 0. The third-order valence-electron chi connectivity index (χ3n) is 2.58. The molecule has 0 heterocycles.